The van der Waals surface area contributed by atoms with Crippen molar-refractivity contribution in [2.75, 3.05) is 6.61 Å². The van der Waals surface area contributed by atoms with Crippen LogP contribution in [0, 0.1) is 0 Å². The molecule has 4 heteroatoms. The summed E-state index contributed by atoms with van der Waals surface area (Å²) in [6.07, 6.45) is 8.62. The number of esters is 2. The first-order chi connectivity index (χ1) is 10.6. The molecule has 0 saturated heterocycles. The lowest BCUT2D eigenvalue weighted by molar-refractivity contribution is -0.149. The maximum atomic E-state index is 12.2. The van der Waals surface area contributed by atoms with Crippen LogP contribution in [0.15, 0.2) is 24.0 Å². The molecule has 4 nitrogen and oxygen atoms in total. The van der Waals surface area contributed by atoms with E-state index in [0.29, 0.717) is 13.0 Å². The molecule has 0 aromatic heterocycles. The van der Waals surface area contributed by atoms with Crippen LogP contribution in [0.2, 0.25) is 0 Å². The van der Waals surface area contributed by atoms with E-state index in [1.807, 2.05) is 13.8 Å². The predicted octanol–water partition coefficient (Wildman–Crippen LogP) is 4.69. The first-order valence-corrected chi connectivity index (χ1v) is 8.33. The third kappa shape index (κ3) is 8.65. The molecule has 0 atom stereocenters. The molecule has 22 heavy (non-hydrogen) atoms. The zero-order valence-corrected chi connectivity index (χ0v) is 14.3. The summed E-state index contributed by atoms with van der Waals surface area (Å²) >= 11 is 0. The molecule has 0 aliphatic carbocycles. The molecule has 0 fully saturated rings. The summed E-state index contributed by atoms with van der Waals surface area (Å²) in [7, 11) is 0. The molecule has 0 heterocycles. The molecule has 126 valence electrons. The van der Waals surface area contributed by atoms with Crippen LogP contribution in [0.5, 0.6) is 0 Å². The van der Waals surface area contributed by atoms with E-state index in [9.17, 15) is 9.59 Å². The quantitative estimate of drug-likeness (QED) is 0.227. The Morgan fingerprint density at radius 1 is 1.00 bits per heavy atom. The highest BCUT2D eigenvalue weighted by molar-refractivity contribution is 5.92. The van der Waals surface area contributed by atoms with Crippen molar-refractivity contribution in [3.05, 3.63) is 24.0 Å². The average Bonchev–Trinajstić information content (AvgIpc) is 2.53. The van der Waals surface area contributed by atoms with Crippen molar-refractivity contribution >= 4 is 11.9 Å². The van der Waals surface area contributed by atoms with Gasteiger partial charge in [-0.1, -0.05) is 53.0 Å². The second-order valence-corrected chi connectivity index (χ2v) is 5.21. The van der Waals surface area contributed by atoms with E-state index in [0.717, 1.165) is 50.2 Å². The summed E-state index contributed by atoms with van der Waals surface area (Å²) in [5.74, 6) is -1.11. The standard InChI is InChI=1S/C18H30O4/c1-5-9-11-12-13-15(7-3)17(22-16(19)8-4)18(20)21-14-10-6-2/h8H,4-7,9-14H2,1-3H3/b17-15+. The Morgan fingerprint density at radius 3 is 2.23 bits per heavy atom. The summed E-state index contributed by atoms with van der Waals surface area (Å²) < 4.78 is 10.3. The highest BCUT2D eigenvalue weighted by Crippen LogP contribution is 2.20. The predicted molar refractivity (Wildman–Crippen MR) is 88.2 cm³/mol. The van der Waals surface area contributed by atoms with Gasteiger partial charge in [-0.05, 0) is 31.3 Å². The third-order valence-corrected chi connectivity index (χ3v) is 3.37. The summed E-state index contributed by atoms with van der Waals surface area (Å²) in [4.78, 5) is 23.6. The number of allylic oxidation sites excluding steroid dienone is 1. The normalized spacial score (nSPS) is 11.6. The smallest absolute Gasteiger partial charge is 0.374 e. The van der Waals surface area contributed by atoms with Gasteiger partial charge in [0.05, 0.1) is 6.61 Å². The molecule has 0 radical (unpaired) electrons. The van der Waals surface area contributed by atoms with Gasteiger partial charge in [0.2, 0.25) is 5.76 Å². The molecule has 0 aromatic carbocycles. The zero-order valence-electron chi connectivity index (χ0n) is 14.3. The van der Waals surface area contributed by atoms with Crippen molar-refractivity contribution in [1.29, 1.82) is 0 Å². The minimum absolute atomic E-state index is 0.0556. The summed E-state index contributed by atoms with van der Waals surface area (Å²) in [5.41, 5.74) is 0.841. The lowest BCUT2D eigenvalue weighted by Crippen LogP contribution is -2.16. The van der Waals surface area contributed by atoms with Gasteiger partial charge >= 0.3 is 11.9 Å². The molecular weight excluding hydrogens is 280 g/mol. The van der Waals surface area contributed by atoms with Crippen molar-refractivity contribution in [3.63, 3.8) is 0 Å². The number of carbonyl (C=O) groups excluding carboxylic acids is 2. The molecule has 0 rings (SSSR count). The number of ether oxygens (including phenoxy) is 2. The van der Waals surface area contributed by atoms with E-state index in [2.05, 4.69) is 13.5 Å². The first kappa shape index (κ1) is 20.4. The van der Waals surface area contributed by atoms with E-state index in [1.54, 1.807) is 0 Å². The summed E-state index contributed by atoms with van der Waals surface area (Å²) in [5, 5.41) is 0. The number of hydrogen-bond acceptors (Lipinski definition) is 4. The Bertz CT molecular complexity index is 383. The fourth-order valence-corrected chi connectivity index (χ4v) is 1.99. The monoisotopic (exact) mass is 310 g/mol. The summed E-state index contributed by atoms with van der Waals surface area (Å²) in [6.45, 7) is 9.84. The Morgan fingerprint density at radius 2 is 1.68 bits per heavy atom. The minimum Gasteiger partial charge on any atom is -0.460 e. The fourth-order valence-electron chi connectivity index (χ4n) is 1.99. The van der Waals surface area contributed by atoms with Crippen LogP contribution >= 0.6 is 0 Å². The molecular formula is C18H30O4. The van der Waals surface area contributed by atoms with Gasteiger partial charge in [-0.3, -0.25) is 0 Å². The Kier molecular flexibility index (Phi) is 12.2. The molecule has 0 aliphatic rings. The van der Waals surface area contributed by atoms with E-state index < -0.39 is 11.9 Å². The number of carbonyl (C=O) groups is 2. The topological polar surface area (TPSA) is 52.6 Å². The van der Waals surface area contributed by atoms with Gasteiger partial charge in [0, 0.05) is 6.08 Å². The second kappa shape index (κ2) is 13.1. The Balaban J connectivity index is 4.94. The molecule has 0 spiro atoms. The largest absolute Gasteiger partial charge is 0.460 e. The highest BCUT2D eigenvalue weighted by atomic mass is 16.6. The van der Waals surface area contributed by atoms with Gasteiger partial charge in [0.15, 0.2) is 0 Å². The van der Waals surface area contributed by atoms with Crippen molar-refractivity contribution in [1.82, 2.24) is 0 Å². The van der Waals surface area contributed by atoms with Gasteiger partial charge in [0.25, 0.3) is 0 Å². The van der Waals surface area contributed by atoms with Crippen LogP contribution < -0.4 is 0 Å². The molecule has 0 bridgehead atoms. The van der Waals surface area contributed by atoms with E-state index in [-0.39, 0.29) is 5.76 Å². The molecule has 0 aromatic rings. The van der Waals surface area contributed by atoms with E-state index in [1.165, 1.54) is 6.42 Å². The minimum atomic E-state index is -0.623. The Hall–Kier alpha value is -1.58. The van der Waals surface area contributed by atoms with E-state index in [4.69, 9.17) is 9.47 Å². The zero-order chi connectivity index (χ0) is 16.8. The van der Waals surface area contributed by atoms with Crippen molar-refractivity contribution in [3.8, 4) is 0 Å². The van der Waals surface area contributed by atoms with Crippen molar-refractivity contribution in [2.45, 2.75) is 72.1 Å². The first-order valence-electron chi connectivity index (χ1n) is 8.33. The number of rotatable bonds is 12. The third-order valence-electron chi connectivity index (χ3n) is 3.37. The SMILES string of the molecule is C=CC(=O)O/C(C(=O)OCCCC)=C(\CC)CCCCCC. The number of unbranched alkanes of at least 4 members (excludes halogenated alkanes) is 4. The van der Waals surface area contributed by atoms with Crippen LogP contribution in [0.25, 0.3) is 0 Å². The molecule has 0 unspecified atom stereocenters. The maximum Gasteiger partial charge on any atom is 0.374 e. The van der Waals surface area contributed by atoms with Crippen LogP contribution in [-0.4, -0.2) is 18.5 Å². The van der Waals surface area contributed by atoms with Gasteiger partial charge in [-0.2, -0.15) is 0 Å². The van der Waals surface area contributed by atoms with Gasteiger partial charge in [-0.15, -0.1) is 0 Å². The van der Waals surface area contributed by atoms with Crippen molar-refractivity contribution in [2.24, 2.45) is 0 Å². The van der Waals surface area contributed by atoms with Crippen LogP contribution in [0.3, 0.4) is 0 Å². The van der Waals surface area contributed by atoms with Crippen LogP contribution in [0.4, 0.5) is 0 Å². The molecule has 0 N–H and O–H groups in total. The number of hydrogen-bond donors (Lipinski definition) is 0. The highest BCUT2D eigenvalue weighted by Gasteiger charge is 2.20. The molecule has 0 amide bonds. The van der Waals surface area contributed by atoms with Crippen molar-refractivity contribution < 1.29 is 19.1 Å². The van der Waals surface area contributed by atoms with Gasteiger partial charge < -0.3 is 9.47 Å². The molecule has 0 aliphatic heterocycles. The summed E-state index contributed by atoms with van der Waals surface area (Å²) in [6, 6.07) is 0. The fraction of sp³-hybridized carbons (Fsp3) is 0.667. The van der Waals surface area contributed by atoms with E-state index >= 15 is 0 Å². The van der Waals surface area contributed by atoms with Crippen LogP contribution in [-0.2, 0) is 19.1 Å². The van der Waals surface area contributed by atoms with Gasteiger partial charge in [-0.25, -0.2) is 9.59 Å². The average molecular weight is 310 g/mol. The lowest BCUT2D eigenvalue weighted by atomic mass is 10.0. The molecule has 0 saturated carbocycles. The maximum absolute atomic E-state index is 12.2. The Labute approximate surface area is 134 Å². The second-order valence-electron chi connectivity index (χ2n) is 5.21. The van der Waals surface area contributed by atoms with Gasteiger partial charge in [0.1, 0.15) is 0 Å². The van der Waals surface area contributed by atoms with Crippen LogP contribution in [0.1, 0.15) is 72.1 Å². The lowest BCUT2D eigenvalue weighted by Gasteiger charge is -2.13.